The van der Waals surface area contributed by atoms with E-state index in [0.717, 1.165) is 44.6 Å². The Kier molecular flexibility index (Phi) is 9.54. The summed E-state index contributed by atoms with van der Waals surface area (Å²) in [5, 5.41) is 3.12. The van der Waals surface area contributed by atoms with E-state index in [2.05, 4.69) is 15.2 Å². The smallest absolute Gasteiger partial charge is 0.253 e. The van der Waals surface area contributed by atoms with Gasteiger partial charge in [0.15, 0.2) is 0 Å². The molecule has 0 bridgehead atoms. The lowest BCUT2D eigenvalue weighted by molar-refractivity contribution is 0.0925. The SMILES string of the molecule is Cl.Cl.NC1CCC(NC(=O)c2ccc(N3CCCCCC3)nc2)CC1. The number of carbonyl (C=O) groups excluding carboxylic acids is 1. The number of hydrogen-bond acceptors (Lipinski definition) is 4. The Bertz CT molecular complexity index is 510. The molecular weight excluding hydrogens is 359 g/mol. The quantitative estimate of drug-likeness (QED) is 0.832. The summed E-state index contributed by atoms with van der Waals surface area (Å²) in [4.78, 5) is 19.2. The number of nitrogens with two attached hydrogens (primary N) is 1. The van der Waals surface area contributed by atoms with Crippen LogP contribution in [-0.4, -0.2) is 36.1 Å². The molecule has 1 saturated carbocycles. The second kappa shape index (κ2) is 10.8. The van der Waals surface area contributed by atoms with E-state index in [9.17, 15) is 4.79 Å². The van der Waals surface area contributed by atoms with Gasteiger partial charge in [0.1, 0.15) is 5.82 Å². The molecule has 1 aromatic heterocycles. The number of aromatic nitrogens is 1. The highest BCUT2D eigenvalue weighted by molar-refractivity contribution is 5.94. The summed E-state index contributed by atoms with van der Waals surface area (Å²) >= 11 is 0. The summed E-state index contributed by atoms with van der Waals surface area (Å²) in [5.41, 5.74) is 6.56. The van der Waals surface area contributed by atoms with Crippen LogP contribution in [-0.2, 0) is 0 Å². The summed E-state index contributed by atoms with van der Waals surface area (Å²) in [6, 6.07) is 4.44. The molecule has 1 aliphatic heterocycles. The fraction of sp³-hybridized carbons (Fsp3) is 0.667. The first-order valence-electron chi connectivity index (χ1n) is 9.00. The van der Waals surface area contributed by atoms with Crippen LogP contribution in [0.3, 0.4) is 0 Å². The van der Waals surface area contributed by atoms with Gasteiger partial charge < -0.3 is 16.0 Å². The second-order valence-electron chi connectivity index (χ2n) is 6.89. The highest BCUT2D eigenvalue weighted by atomic mass is 35.5. The predicted molar refractivity (Wildman–Crippen MR) is 107 cm³/mol. The van der Waals surface area contributed by atoms with Gasteiger partial charge in [0, 0.05) is 31.4 Å². The first-order chi connectivity index (χ1) is 11.2. The first kappa shape index (κ1) is 22.0. The molecule has 3 N–H and O–H groups in total. The van der Waals surface area contributed by atoms with E-state index < -0.39 is 0 Å². The minimum absolute atomic E-state index is 0. The van der Waals surface area contributed by atoms with Gasteiger partial charge in [-0.15, -0.1) is 24.8 Å². The molecule has 1 aliphatic carbocycles. The number of anilines is 1. The number of rotatable bonds is 3. The molecule has 0 aromatic carbocycles. The fourth-order valence-electron chi connectivity index (χ4n) is 3.54. The monoisotopic (exact) mass is 388 g/mol. The van der Waals surface area contributed by atoms with Gasteiger partial charge >= 0.3 is 0 Å². The maximum absolute atomic E-state index is 12.3. The standard InChI is InChI=1S/C18H28N4O.2ClH/c19-15-6-8-16(9-7-15)21-18(23)14-5-10-17(20-13-14)22-11-3-1-2-4-12-22;;/h5,10,13,15-16H,1-4,6-9,11-12,19H2,(H,21,23);2*1H. The van der Waals surface area contributed by atoms with Gasteiger partial charge in [0.05, 0.1) is 5.56 Å². The highest BCUT2D eigenvalue weighted by Gasteiger charge is 2.21. The van der Waals surface area contributed by atoms with Crippen LogP contribution in [0.1, 0.15) is 61.7 Å². The van der Waals surface area contributed by atoms with Gasteiger partial charge in [0.25, 0.3) is 5.91 Å². The van der Waals surface area contributed by atoms with Crippen LogP contribution in [0.5, 0.6) is 0 Å². The zero-order valence-electron chi connectivity index (χ0n) is 14.7. The van der Waals surface area contributed by atoms with Crippen molar-refractivity contribution in [2.75, 3.05) is 18.0 Å². The van der Waals surface area contributed by atoms with E-state index in [4.69, 9.17) is 5.73 Å². The third-order valence-electron chi connectivity index (χ3n) is 5.05. The normalized spacial score (nSPS) is 23.6. The topological polar surface area (TPSA) is 71.2 Å². The Balaban J connectivity index is 0.00000156. The average Bonchev–Trinajstić information content (AvgIpc) is 2.86. The Morgan fingerprint density at radius 2 is 1.68 bits per heavy atom. The molecule has 5 nitrogen and oxygen atoms in total. The number of hydrogen-bond donors (Lipinski definition) is 2. The van der Waals surface area contributed by atoms with Gasteiger partial charge in [-0.1, -0.05) is 12.8 Å². The number of amides is 1. The molecule has 1 aromatic rings. The lowest BCUT2D eigenvalue weighted by atomic mass is 9.92. The molecule has 7 heteroatoms. The van der Waals surface area contributed by atoms with Gasteiger partial charge in [0.2, 0.25) is 0 Å². The maximum Gasteiger partial charge on any atom is 0.253 e. The minimum atomic E-state index is -0.0135. The molecule has 0 unspecified atom stereocenters. The molecule has 0 spiro atoms. The lowest BCUT2D eigenvalue weighted by Gasteiger charge is -2.27. The van der Waals surface area contributed by atoms with E-state index in [1.54, 1.807) is 6.20 Å². The molecule has 0 atom stereocenters. The number of nitrogens with one attached hydrogen (secondary N) is 1. The predicted octanol–water partition coefficient (Wildman–Crippen LogP) is 3.31. The molecule has 1 saturated heterocycles. The summed E-state index contributed by atoms with van der Waals surface area (Å²) in [6.07, 6.45) is 10.7. The van der Waals surface area contributed by atoms with Crippen molar-refractivity contribution in [1.29, 1.82) is 0 Å². The highest BCUT2D eigenvalue weighted by Crippen LogP contribution is 2.19. The van der Waals surface area contributed by atoms with Crippen molar-refractivity contribution in [2.45, 2.75) is 63.5 Å². The summed E-state index contributed by atoms with van der Waals surface area (Å²) < 4.78 is 0. The van der Waals surface area contributed by atoms with Crippen LogP contribution in [0, 0.1) is 0 Å². The number of pyridine rings is 1. The van der Waals surface area contributed by atoms with E-state index in [1.165, 1.54) is 25.7 Å². The van der Waals surface area contributed by atoms with Crippen molar-refractivity contribution in [1.82, 2.24) is 10.3 Å². The zero-order valence-corrected chi connectivity index (χ0v) is 16.3. The van der Waals surface area contributed by atoms with Crippen LogP contribution >= 0.6 is 24.8 Å². The Hall–Kier alpha value is -1.04. The van der Waals surface area contributed by atoms with E-state index in [0.29, 0.717) is 11.6 Å². The lowest BCUT2D eigenvalue weighted by Crippen LogP contribution is -2.40. The molecule has 3 rings (SSSR count). The molecule has 2 fully saturated rings. The maximum atomic E-state index is 12.3. The average molecular weight is 389 g/mol. The van der Waals surface area contributed by atoms with Crippen molar-refractivity contribution in [3.63, 3.8) is 0 Å². The minimum Gasteiger partial charge on any atom is -0.357 e. The van der Waals surface area contributed by atoms with Crippen molar-refractivity contribution in [2.24, 2.45) is 5.73 Å². The molecule has 25 heavy (non-hydrogen) atoms. The number of nitrogens with zero attached hydrogens (tertiary/aromatic N) is 2. The summed E-state index contributed by atoms with van der Waals surface area (Å²) in [5.74, 6) is 0.979. The third-order valence-corrected chi connectivity index (χ3v) is 5.05. The molecule has 0 radical (unpaired) electrons. The van der Waals surface area contributed by atoms with Gasteiger partial charge in [-0.05, 0) is 50.7 Å². The van der Waals surface area contributed by atoms with Gasteiger partial charge in [-0.25, -0.2) is 4.98 Å². The molecular formula is C18H30Cl2N4O. The molecule has 2 heterocycles. The Labute approximate surface area is 163 Å². The first-order valence-corrected chi connectivity index (χ1v) is 9.00. The second-order valence-corrected chi connectivity index (χ2v) is 6.89. The Morgan fingerprint density at radius 3 is 2.24 bits per heavy atom. The van der Waals surface area contributed by atoms with Crippen molar-refractivity contribution in [3.8, 4) is 0 Å². The third kappa shape index (κ3) is 6.32. The van der Waals surface area contributed by atoms with Gasteiger partial charge in [-0.3, -0.25) is 4.79 Å². The van der Waals surface area contributed by atoms with Crippen LogP contribution in [0.25, 0.3) is 0 Å². The van der Waals surface area contributed by atoms with Crippen molar-refractivity contribution < 1.29 is 4.79 Å². The summed E-state index contributed by atoms with van der Waals surface area (Å²) in [6.45, 7) is 2.14. The fourth-order valence-corrected chi connectivity index (χ4v) is 3.54. The van der Waals surface area contributed by atoms with Gasteiger partial charge in [-0.2, -0.15) is 0 Å². The zero-order chi connectivity index (χ0) is 16.1. The molecule has 2 aliphatic rings. The largest absolute Gasteiger partial charge is 0.357 e. The van der Waals surface area contributed by atoms with E-state index in [1.807, 2.05) is 12.1 Å². The van der Waals surface area contributed by atoms with E-state index >= 15 is 0 Å². The van der Waals surface area contributed by atoms with Crippen LogP contribution in [0.2, 0.25) is 0 Å². The van der Waals surface area contributed by atoms with Crippen LogP contribution in [0.4, 0.5) is 5.82 Å². The summed E-state index contributed by atoms with van der Waals surface area (Å²) in [7, 11) is 0. The number of carbonyl (C=O) groups is 1. The van der Waals surface area contributed by atoms with E-state index in [-0.39, 0.29) is 36.8 Å². The van der Waals surface area contributed by atoms with Crippen LogP contribution < -0.4 is 16.0 Å². The Morgan fingerprint density at radius 1 is 1.04 bits per heavy atom. The number of halogens is 2. The molecule has 142 valence electrons. The van der Waals surface area contributed by atoms with Crippen molar-refractivity contribution in [3.05, 3.63) is 23.9 Å². The van der Waals surface area contributed by atoms with Crippen molar-refractivity contribution >= 4 is 36.5 Å². The molecule has 1 amide bonds. The van der Waals surface area contributed by atoms with Crippen LogP contribution in [0.15, 0.2) is 18.3 Å².